The van der Waals surface area contributed by atoms with Crippen LogP contribution < -0.4 is 10.1 Å². The lowest BCUT2D eigenvalue weighted by molar-refractivity contribution is 0.0293. The molecule has 0 bridgehead atoms. The smallest absolute Gasteiger partial charge is 0.410 e. The van der Waals surface area contributed by atoms with Gasteiger partial charge in [-0.05, 0) is 27.2 Å². The molecular formula is C19H30N4O3Si. The van der Waals surface area contributed by atoms with Crippen molar-refractivity contribution >= 4 is 20.1 Å². The number of nitrogens with zero attached hydrogens (tertiary/aromatic N) is 3. The summed E-state index contributed by atoms with van der Waals surface area (Å²) < 4.78 is 10.8. The summed E-state index contributed by atoms with van der Waals surface area (Å²) in [4.78, 5) is 22.6. The molecule has 7 nitrogen and oxygen atoms in total. The number of aromatic nitrogens is 2. The van der Waals surface area contributed by atoms with Gasteiger partial charge in [-0.1, -0.05) is 25.6 Å². The zero-order valence-corrected chi connectivity index (χ0v) is 18.3. The van der Waals surface area contributed by atoms with Crippen molar-refractivity contribution in [3.63, 3.8) is 0 Å². The lowest BCUT2D eigenvalue weighted by Gasteiger charge is -2.24. The fourth-order valence-corrected chi connectivity index (χ4v) is 2.99. The Bertz CT molecular complexity index is 744. The topological polar surface area (TPSA) is 76.6 Å². The van der Waals surface area contributed by atoms with Crippen LogP contribution in [0.5, 0.6) is 5.88 Å². The first-order valence-electron chi connectivity index (χ1n) is 9.15. The molecule has 2 rings (SSSR count). The van der Waals surface area contributed by atoms with Crippen LogP contribution in [0.25, 0.3) is 0 Å². The monoisotopic (exact) mass is 390 g/mol. The number of hydrogen-bond donors (Lipinski definition) is 1. The van der Waals surface area contributed by atoms with Gasteiger partial charge in [0.05, 0.1) is 13.3 Å². The number of carbonyl (C=O) groups is 1. The first kappa shape index (κ1) is 21.0. The van der Waals surface area contributed by atoms with Crippen LogP contribution in [0.1, 0.15) is 32.8 Å². The summed E-state index contributed by atoms with van der Waals surface area (Å²) in [5.74, 6) is 4.07. The van der Waals surface area contributed by atoms with Crippen molar-refractivity contribution in [3.8, 4) is 17.3 Å². The number of methoxy groups -OCH3 is 1. The summed E-state index contributed by atoms with van der Waals surface area (Å²) in [5, 5.41) is 3.27. The summed E-state index contributed by atoms with van der Waals surface area (Å²) in [6.07, 6.45) is 2.20. The van der Waals surface area contributed by atoms with Gasteiger partial charge in [-0.15, -0.1) is 5.54 Å². The number of rotatable bonds is 3. The van der Waals surface area contributed by atoms with E-state index >= 15 is 0 Å². The maximum absolute atomic E-state index is 12.2. The molecule has 1 N–H and O–H groups in total. The molecule has 1 amide bonds. The first-order chi connectivity index (χ1) is 12.5. The Labute approximate surface area is 162 Å². The van der Waals surface area contributed by atoms with Crippen molar-refractivity contribution < 1.29 is 14.3 Å². The molecule has 0 radical (unpaired) electrons. The van der Waals surface area contributed by atoms with E-state index in [-0.39, 0.29) is 12.1 Å². The molecule has 1 atom stereocenters. The Morgan fingerprint density at radius 1 is 1.37 bits per heavy atom. The third-order valence-corrected chi connectivity index (χ3v) is 4.57. The molecule has 0 spiro atoms. The molecule has 0 unspecified atom stereocenters. The molecule has 148 valence electrons. The predicted octanol–water partition coefficient (Wildman–Crippen LogP) is 3.14. The normalized spacial score (nSPS) is 17.1. The zero-order chi connectivity index (χ0) is 20.2. The van der Waals surface area contributed by atoms with E-state index in [4.69, 9.17) is 9.47 Å². The Morgan fingerprint density at radius 3 is 2.67 bits per heavy atom. The molecule has 0 saturated carbocycles. The van der Waals surface area contributed by atoms with E-state index in [1.165, 1.54) is 0 Å². The molecule has 8 heteroatoms. The quantitative estimate of drug-likeness (QED) is 0.631. The van der Waals surface area contributed by atoms with Crippen LogP contribution in [0.4, 0.5) is 10.7 Å². The molecule has 0 aliphatic carbocycles. The van der Waals surface area contributed by atoms with E-state index in [1.54, 1.807) is 18.2 Å². The number of amides is 1. The van der Waals surface area contributed by atoms with Crippen LogP contribution in [-0.2, 0) is 4.74 Å². The van der Waals surface area contributed by atoms with Crippen molar-refractivity contribution in [2.45, 2.75) is 58.5 Å². The van der Waals surface area contributed by atoms with Crippen LogP contribution in [0.2, 0.25) is 19.6 Å². The minimum atomic E-state index is -1.49. The van der Waals surface area contributed by atoms with Crippen molar-refractivity contribution in [3.05, 3.63) is 11.8 Å². The highest BCUT2D eigenvalue weighted by Crippen LogP contribution is 2.20. The molecule has 27 heavy (non-hydrogen) atoms. The number of nitrogens with one attached hydrogen (secondary N) is 1. The average molecular weight is 391 g/mol. The van der Waals surface area contributed by atoms with E-state index in [0.717, 1.165) is 6.42 Å². The fraction of sp³-hybridized carbons (Fsp3) is 0.632. The number of anilines is 1. The maximum Gasteiger partial charge on any atom is 0.410 e. The predicted molar refractivity (Wildman–Crippen MR) is 109 cm³/mol. The molecule has 1 aliphatic rings. The van der Waals surface area contributed by atoms with Gasteiger partial charge in [0.1, 0.15) is 19.2 Å². The molecule has 1 aliphatic heterocycles. The third kappa shape index (κ3) is 6.75. The van der Waals surface area contributed by atoms with Gasteiger partial charge in [0.15, 0.2) is 0 Å². The molecule has 1 aromatic heterocycles. The second kappa shape index (κ2) is 8.17. The SMILES string of the molecule is COc1nc(N[C@@H]2CCN(C(=O)OC(C)(C)C)C2)ncc1C#C[Si](C)(C)C. The summed E-state index contributed by atoms with van der Waals surface area (Å²) in [5.41, 5.74) is 3.49. The van der Waals surface area contributed by atoms with Gasteiger partial charge in [-0.2, -0.15) is 4.98 Å². The maximum atomic E-state index is 12.2. The molecule has 1 saturated heterocycles. The van der Waals surface area contributed by atoms with Gasteiger partial charge in [0.25, 0.3) is 0 Å². The van der Waals surface area contributed by atoms with Crippen molar-refractivity contribution in [2.75, 3.05) is 25.5 Å². The zero-order valence-electron chi connectivity index (χ0n) is 17.3. The fourth-order valence-electron chi connectivity index (χ4n) is 2.48. The number of carbonyl (C=O) groups excluding carboxylic acids is 1. The summed E-state index contributed by atoms with van der Waals surface area (Å²) in [7, 11) is 0.0833. The standard InChI is InChI=1S/C19H30N4O3Si/c1-19(2,3)26-18(24)23-10-8-15(13-23)21-17-20-12-14(16(22-17)25-4)9-11-27(5,6)7/h12,15H,8,10,13H2,1-7H3,(H,20,21,22)/t15-/m1/s1. The van der Waals surface area contributed by atoms with Crippen LogP contribution >= 0.6 is 0 Å². The van der Waals surface area contributed by atoms with Gasteiger partial charge in [-0.25, -0.2) is 9.78 Å². The number of likely N-dealkylation sites (tertiary alicyclic amines) is 1. The Hall–Kier alpha value is -2.27. The van der Waals surface area contributed by atoms with Gasteiger partial charge < -0.3 is 19.7 Å². The Morgan fingerprint density at radius 2 is 2.07 bits per heavy atom. The lowest BCUT2D eigenvalue weighted by atomic mass is 10.2. The van der Waals surface area contributed by atoms with Gasteiger partial charge >= 0.3 is 6.09 Å². The molecule has 1 aromatic rings. The summed E-state index contributed by atoms with van der Waals surface area (Å²) in [6.45, 7) is 13.3. The van der Waals surface area contributed by atoms with Crippen molar-refractivity contribution in [2.24, 2.45) is 0 Å². The van der Waals surface area contributed by atoms with Gasteiger partial charge in [-0.3, -0.25) is 0 Å². The van der Waals surface area contributed by atoms with Crippen LogP contribution in [0.15, 0.2) is 6.20 Å². The highest BCUT2D eigenvalue weighted by Gasteiger charge is 2.30. The molecular weight excluding hydrogens is 360 g/mol. The Kier molecular flexibility index (Phi) is 6.37. The molecule has 1 fully saturated rings. The van der Waals surface area contributed by atoms with Gasteiger partial charge in [0, 0.05) is 19.1 Å². The summed E-state index contributed by atoms with van der Waals surface area (Å²) in [6, 6.07) is 0.0705. The molecule has 2 heterocycles. The van der Waals surface area contributed by atoms with Gasteiger partial charge in [0.2, 0.25) is 11.8 Å². The molecule has 0 aromatic carbocycles. The minimum Gasteiger partial charge on any atom is -0.480 e. The highest BCUT2D eigenvalue weighted by atomic mass is 28.3. The lowest BCUT2D eigenvalue weighted by Crippen LogP contribution is -2.36. The largest absolute Gasteiger partial charge is 0.480 e. The van der Waals surface area contributed by atoms with Crippen LogP contribution in [0.3, 0.4) is 0 Å². The van der Waals surface area contributed by atoms with E-state index in [0.29, 0.717) is 30.5 Å². The van der Waals surface area contributed by atoms with E-state index in [2.05, 4.69) is 46.4 Å². The highest BCUT2D eigenvalue weighted by molar-refractivity contribution is 6.83. The first-order valence-corrected chi connectivity index (χ1v) is 12.7. The summed E-state index contributed by atoms with van der Waals surface area (Å²) >= 11 is 0. The van der Waals surface area contributed by atoms with Crippen LogP contribution in [0, 0.1) is 11.5 Å². The second-order valence-corrected chi connectivity index (χ2v) is 13.4. The number of hydrogen-bond acceptors (Lipinski definition) is 6. The third-order valence-electron chi connectivity index (χ3n) is 3.69. The number of ether oxygens (including phenoxy) is 2. The van der Waals surface area contributed by atoms with Crippen molar-refractivity contribution in [1.82, 2.24) is 14.9 Å². The van der Waals surface area contributed by atoms with E-state index in [1.807, 2.05) is 20.8 Å². The minimum absolute atomic E-state index is 0.0705. The van der Waals surface area contributed by atoms with Crippen LogP contribution in [-0.4, -0.2) is 60.9 Å². The average Bonchev–Trinajstić information content (AvgIpc) is 2.99. The van der Waals surface area contributed by atoms with Crippen molar-refractivity contribution in [1.29, 1.82) is 0 Å². The van der Waals surface area contributed by atoms with E-state index < -0.39 is 13.7 Å². The Balaban J connectivity index is 2.02. The second-order valence-electron chi connectivity index (χ2n) is 8.67. The van der Waals surface area contributed by atoms with E-state index in [9.17, 15) is 4.79 Å².